The van der Waals surface area contributed by atoms with Crippen LogP contribution < -0.4 is 5.73 Å². The Morgan fingerprint density at radius 2 is 2.00 bits per heavy atom. The average Bonchev–Trinajstić information content (AvgIpc) is 2.18. The fraction of sp³-hybridized carbons (Fsp3) is 0.909. The first-order valence-corrected chi connectivity index (χ1v) is 5.78. The minimum absolute atomic E-state index is 0.311. The van der Waals surface area contributed by atoms with Crippen LogP contribution in [-0.4, -0.2) is 36.6 Å². The Morgan fingerprint density at radius 3 is 2.53 bits per heavy atom. The number of hydrogen-bond acceptors (Lipinski definition) is 2. The van der Waals surface area contributed by atoms with Gasteiger partial charge in [-0.05, 0) is 25.2 Å². The minimum atomic E-state index is -4.35. The molecule has 1 rings (SSSR count). The Morgan fingerprint density at radius 1 is 1.41 bits per heavy atom. The van der Waals surface area contributed by atoms with E-state index in [1.165, 1.54) is 7.05 Å². The minimum Gasteiger partial charge on any atom is -0.336 e. The molecule has 2 N–H and O–H groups in total. The van der Waals surface area contributed by atoms with Gasteiger partial charge in [-0.15, -0.1) is 0 Å². The van der Waals surface area contributed by atoms with Crippen molar-refractivity contribution in [3.05, 3.63) is 0 Å². The number of nitrogens with two attached hydrogens (primary N) is 1. The van der Waals surface area contributed by atoms with Crippen molar-refractivity contribution >= 4 is 5.91 Å². The lowest BCUT2D eigenvalue weighted by Crippen LogP contribution is -2.47. The molecule has 17 heavy (non-hydrogen) atoms. The zero-order valence-corrected chi connectivity index (χ0v) is 10.1. The van der Waals surface area contributed by atoms with Crippen LogP contribution in [0.15, 0.2) is 0 Å². The number of amides is 1. The van der Waals surface area contributed by atoms with Gasteiger partial charge in [-0.2, -0.15) is 13.2 Å². The number of nitrogens with zero attached hydrogens (tertiary/aromatic N) is 1. The third-order valence-electron chi connectivity index (χ3n) is 3.28. The molecule has 1 aliphatic rings. The van der Waals surface area contributed by atoms with E-state index >= 15 is 0 Å². The highest BCUT2D eigenvalue weighted by molar-refractivity contribution is 5.79. The predicted molar refractivity (Wildman–Crippen MR) is 58.2 cm³/mol. The van der Waals surface area contributed by atoms with E-state index in [9.17, 15) is 18.0 Å². The summed E-state index contributed by atoms with van der Waals surface area (Å²) in [5, 5.41) is 0. The van der Waals surface area contributed by atoms with Crippen LogP contribution in [0.1, 0.15) is 26.2 Å². The maximum atomic E-state index is 12.2. The second-order valence-corrected chi connectivity index (χ2v) is 5.00. The van der Waals surface area contributed by atoms with Crippen LogP contribution in [0.5, 0.6) is 0 Å². The molecule has 1 saturated carbocycles. The molecule has 0 spiro atoms. The second-order valence-electron chi connectivity index (χ2n) is 5.00. The molecule has 6 heteroatoms. The number of halogens is 3. The van der Waals surface area contributed by atoms with Gasteiger partial charge in [-0.25, -0.2) is 0 Å². The van der Waals surface area contributed by atoms with Crippen molar-refractivity contribution < 1.29 is 18.0 Å². The second kappa shape index (κ2) is 5.25. The quantitative estimate of drug-likeness (QED) is 0.814. The lowest BCUT2D eigenvalue weighted by atomic mass is 9.78. The van der Waals surface area contributed by atoms with Gasteiger partial charge in [-0.3, -0.25) is 4.79 Å². The van der Waals surface area contributed by atoms with E-state index in [0.717, 1.165) is 11.3 Å². The normalized spacial score (nSPS) is 30.1. The molecule has 0 aromatic rings. The number of carbonyl (C=O) groups excluding carboxylic acids is 1. The van der Waals surface area contributed by atoms with Crippen LogP contribution >= 0.6 is 0 Å². The van der Waals surface area contributed by atoms with E-state index in [1.54, 1.807) is 0 Å². The van der Waals surface area contributed by atoms with Crippen LogP contribution in [0.3, 0.4) is 0 Å². The smallest absolute Gasteiger partial charge is 0.336 e. The van der Waals surface area contributed by atoms with Gasteiger partial charge >= 0.3 is 6.18 Å². The van der Waals surface area contributed by atoms with Crippen molar-refractivity contribution in [2.45, 2.75) is 38.4 Å². The summed E-state index contributed by atoms with van der Waals surface area (Å²) in [5.41, 5.74) is 5.81. The van der Waals surface area contributed by atoms with E-state index < -0.39 is 24.5 Å². The number of carbonyl (C=O) groups is 1. The maximum Gasteiger partial charge on any atom is 0.406 e. The lowest BCUT2D eigenvalue weighted by Gasteiger charge is -2.34. The predicted octanol–water partition coefficient (Wildman–Crippen LogP) is 1.77. The Balaban J connectivity index is 2.61. The van der Waals surface area contributed by atoms with Crippen LogP contribution in [0.4, 0.5) is 13.2 Å². The van der Waals surface area contributed by atoms with Gasteiger partial charge in [0.05, 0.1) is 5.92 Å². The molecular weight excluding hydrogens is 233 g/mol. The number of hydrogen-bond donors (Lipinski definition) is 1. The molecule has 0 radical (unpaired) electrons. The van der Waals surface area contributed by atoms with Crippen molar-refractivity contribution in [1.29, 1.82) is 0 Å². The van der Waals surface area contributed by atoms with Crippen LogP contribution in [0.25, 0.3) is 0 Å². The van der Waals surface area contributed by atoms with E-state index in [2.05, 4.69) is 0 Å². The van der Waals surface area contributed by atoms with Crippen molar-refractivity contribution in [3.63, 3.8) is 0 Å². The van der Waals surface area contributed by atoms with Gasteiger partial charge in [0.2, 0.25) is 5.91 Å². The van der Waals surface area contributed by atoms with Gasteiger partial charge < -0.3 is 10.6 Å². The monoisotopic (exact) mass is 252 g/mol. The first kappa shape index (κ1) is 14.3. The molecule has 1 aliphatic carbocycles. The van der Waals surface area contributed by atoms with Gasteiger partial charge in [-0.1, -0.05) is 6.92 Å². The molecule has 3 atom stereocenters. The zero-order chi connectivity index (χ0) is 13.2. The van der Waals surface area contributed by atoms with E-state index in [4.69, 9.17) is 5.73 Å². The maximum absolute atomic E-state index is 12.2. The highest BCUT2D eigenvalue weighted by Crippen LogP contribution is 2.29. The van der Waals surface area contributed by atoms with E-state index in [0.29, 0.717) is 18.8 Å². The summed E-state index contributed by atoms with van der Waals surface area (Å²) < 4.78 is 36.5. The molecular formula is C11H19F3N2O. The SMILES string of the molecule is CC1CCC(N)C(C(=O)N(C)CC(F)(F)F)C1. The van der Waals surface area contributed by atoms with E-state index in [-0.39, 0.29) is 6.04 Å². The van der Waals surface area contributed by atoms with Crippen molar-refractivity contribution in [1.82, 2.24) is 4.90 Å². The van der Waals surface area contributed by atoms with Crippen molar-refractivity contribution in [2.75, 3.05) is 13.6 Å². The third-order valence-corrected chi connectivity index (χ3v) is 3.28. The standard InChI is InChI=1S/C11H19F3N2O/c1-7-3-4-9(15)8(5-7)10(17)16(2)6-11(12,13)14/h7-9H,3-6,15H2,1-2H3. The molecule has 0 bridgehead atoms. The Labute approximate surface area is 99.1 Å². The Kier molecular flexibility index (Phi) is 4.41. The number of rotatable bonds is 2. The Hall–Kier alpha value is -0.780. The molecule has 0 aliphatic heterocycles. The molecule has 0 heterocycles. The Bertz CT molecular complexity index is 280. The van der Waals surface area contributed by atoms with Crippen LogP contribution in [0, 0.1) is 11.8 Å². The molecule has 0 saturated heterocycles. The molecule has 3 nitrogen and oxygen atoms in total. The first-order chi connectivity index (χ1) is 7.70. The highest BCUT2D eigenvalue weighted by Gasteiger charge is 2.37. The first-order valence-electron chi connectivity index (χ1n) is 5.78. The van der Waals surface area contributed by atoms with Crippen molar-refractivity contribution in [3.8, 4) is 0 Å². The lowest BCUT2D eigenvalue weighted by molar-refractivity contribution is -0.162. The van der Waals surface area contributed by atoms with Gasteiger partial charge in [0.1, 0.15) is 6.54 Å². The third kappa shape index (κ3) is 4.18. The van der Waals surface area contributed by atoms with Gasteiger partial charge in [0.15, 0.2) is 0 Å². The van der Waals surface area contributed by atoms with Crippen LogP contribution in [0.2, 0.25) is 0 Å². The van der Waals surface area contributed by atoms with Crippen molar-refractivity contribution in [2.24, 2.45) is 17.6 Å². The summed E-state index contributed by atoms with van der Waals surface area (Å²) in [6.45, 7) is 0.791. The number of alkyl halides is 3. The molecule has 1 fully saturated rings. The summed E-state index contributed by atoms with van der Waals surface area (Å²) >= 11 is 0. The van der Waals surface area contributed by atoms with E-state index in [1.807, 2.05) is 6.92 Å². The topological polar surface area (TPSA) is 46.3 Å². The fourth-order valence-electron chi connectivity index (χ4n) is 2.32. The molecule has 0 aromatic heterocycles. The highest BCUT2D eigenvalue weighted by atomic mass is 19.4. The molecule has 1 amide bonds. The zero-order valence-electron chi connectivity index (χ0n) is 10.1. The summed E-state index contributed by atoms with van der Waals surface area (Å²) in [7, 11) is 1.18. The summed E-state index contributed by atoms with van der Waals surface area (Å²) in [5.74, 6) is -0.601. The van der Waals surface area contributed by atoms with Gasteiger partial charge in [0.25, 0.3) is 0 Å². The molecule has 0 aromatic carbocycles. The summed E-state index contributed by atoms with van der Waals surface area (Å²) in [6, 6.07) is -0.311. The summed E-state index contributed by atoms with van der Waals surface area (Å²) in [6.07, 6.45) is -2.12. The fourth-order valence-corrected chi connectivity index (χ4v) is 2.32. The molecule has 3 unspecified atom stereocenters. The largest absolute Gasteiger partial charge is 0.406 e. The summed E-state index contributed by atoms with van der Waals surface area (Å²) in [4.78, 5) is 12.6. The van der Waals surface area contributed by atoms with Gasteiger partial charge in [0, 0.05) is 13.1 Å². The molecule has 100 valence electrons. The average molecular weight is 252 g/mol. The van der Waals surface area contributed by atoms with Crippen LogP contribution in [-0.2, 0) is 4.79 Å².